The average Bonchev–Trinajstić information content (AvgIpc) is 2.78. The van der Waals surface area contributed by atoms with Crippen LogP contribution in [-0.2, 0) is 9.59 Å². The molecule has 0 rings (SSSR count). The molecule has 0 aromatic heterocycles. The highest BCUT2D eigenvalue weighted by Crippen LogP contribution is 2.13. The molecule has 8 heteroatoms. The molecule has 4 atom stereocenters. The predicted octanol–water partition coefficient (Wildman–Crippen LogP) is 3.02. The molecule has 0 fully saturated rings. The Kier molecular flexibility index (Phi) is 19.2. The summed E-state index contributed by atoms with van der Waals surface area (Å²) >= 11 is 0. The first-order chi connectivity index (χ1) is 15.3. The highest BCUT2D eigenvalue weighted by molar-refractivity contribution is 5.82. The SMILES string of the molecule is CCCCCCCCCCCCCCCCC=CNC(=O)[C@@H](O)[C@H](O)[C@@H](O)[C@@H](O)C(=O)O. The van der Waals surface area contributed by atoms with Crippen LogP contribution in [0.15, 0.2) is 12.3 Å². The molecule has 0 aliphatic heterocycles. The number of carbonyl (C=O) groups excluding carboxylic acids is 1. The van der Waals surface area contributed by atoms with E-state index in [1.165, 1.54) is 83.2 Å². The summed E-state index contributed by atoms with van der Waals surface area (Å²) in [4.78, 5) is 22.3. The number of carboxylic acids is 1. The Morgan fingerprint density at radius 1 is 0.688 bits per heavy atom. The first-order valence-corrected chi connectivity index (χ1v) is 12.2. The second-order valence-electron chi connectivity index (χ2n) is 8.50. The van der Waals surface area contributed by atoms with Gasteiger partial charge in [-0.3, -0.25) is 4.79 Å². The molecule has 0 spiro atoms. The van der Waals surface area contributed by atoms with Crippen molar-refractivity contribution in [2.75, 3.05) is 0 Å². The number of carboxylic acid groups (broad SMARTS) is 1. The van der Waals surface area contributed by atoms with E-state index in [1.54, 1.807) is 6.08 Å². The number of nitrogens with one attached hydrogen (secondary N) is 1. The average molecular weight is 460 g/mol. The van der Waals surface area contributed by atoms with Crippen molar-refractivity contribution in [1.82, 2.24) is 5.32 Å². The van der Waals surface area contributed by atoms with Crippen LogP contribution in [0.25, 0.3) is 0 Å². The van der Waals surface area contributed by atoms with Crippen LogP contribution >= 0.6 is 0 Å². The maximum atomic E-state index is 11.7. The fourth-order valence-electron chi connectivity index (χ4n) is 3.44. The number of carbonyl (C=O) groups is 2. The molecular formula is C24H45NO7. The van der Waals surface area contributed by atoms with Crippen LogP contribution in [0.1, 0.15) is 103 Å². The summed E-state index contributed by atoms with van der Waals surface area (Å²) in [6.07, 6.45) is 13.2. The van der Waals surface area contributed by atoms with Gasteiger partial charge in [0.1, 0.15) is 12.2 Å². The number of aliphatic hydroxyl groups is 4. The Morgan fingerprint density at radius 2 is 1.09 bits per heavy atom. The Labute approximate surface area is 192 Å². The van der Waals surface area contributed by atoms with Crippen molar-refractivity contribution in [1.29, 1.82) is 0 Å². The van der Waals surface area contributed by atoms with Gasteiger partial charge < -0.3 is 30.8 Å². The molecule has 0 radical (unpaired) electrons. The molecule has 0 saturated heterocycles. The minimum atomic E-state index is -2.30. The van der Waals surface area contributed by atoms with Crippen molar-refractivity contribution < 1.29 is 35.1 Å². The molecule has 1 amide bonds. The zero-order valence-corrected chi connectivity index (χ0v) is 19.6. The number of allylic oxidation sites excluding steroid dienone is 1. The molecule has 0 aromatic carbocycles. The van der Waals surface area contributed by atoms with E-state index in [2.05, 4.69) is 12.2 Å². The molecule has 0 bridgehead atoms. The van der Waals surface area contributed by atoms with Gasteiger partial charge in [0.05, 0.1) is 0 Å². The van der Waals surface area contributed by atoms with E-state index in [0.29, 0.717) is 0 Å². The Hall–Kier alpha value is -1.48. The predicted molar refractivity (Wildman–Crippen MR) is 124 cm³/mol. The molecule has 0 aromatic rings. The normalized spacial score (nSPS) is 15.4. The van der Waals surface area contributed by atoms with Crippen molar-refractivity contribution >= 4 is 11.9 Å². The molecule has 6 N–H and O–H groups in total. The van der Waals surface area contributed by atoms with E-state index >= 15 is 0 Å². The van der Waals surface area contributed by atoms with Gasteiger partial charge >= 0.3 is 5.97 Å². The lowest BCUT2D eigenvalue weighted by molar-refractivity contribution is -0.166. The Balaban J connectivity index is 3.64. The zero-order valence-electron chi connectivity index (χ0n) is 19.6. The van der Waals surface area contributed by atoms with Crippen LogP contribution in [0.4, 0.5) is 0 Å². The molecule has 0 saturated carbocycles. The van der Waals surface area contributed by atoms with Gasteiger partial charge in [-0.05, 0) is 19.0 Å². The smallest absolute Gasteiger partial charge is 0.335 e. The molecule has 0 unspecified atom stereocenters. The number of hydrogen-bond donors (Lipinski definition) is 6. The van der Waals surface area contributed by atoms with Crippen LogP contribution < -0.4 is 5.32 Å². The van der Waals surface area contributed by atoms with Gasteiger partial charge in [0.25, 0.3) is 5.91 Å². The number of hydrogen-bond acceptors (Lipinski definition) is 6. The number of rotatable bonds is 21. The van der Waals surface area contributed by atoms with Crippen molar-refractivity contribution in [2.45, 2.75) is 128 Å². The van der Waals surface area contributed by atoms with Crippen LogP contribution in [0, 0.1) is 0 Å². The van der Waals surface area contributed by atoms with Gasteiger partial charge in [-0.15, -0.1) is 0 Å². The molecule has 0 heterocycles. The summed E-state index contributed by atoms with van der Waals surface area (Å²) in [5.74, 6) is -2.76. The summed E-state index contributed by atoms with van der Waals surface area (Å²) in [5.41, 5.74) is 0. The highest BCUT2D eigenvalue weighted by atomic mass is 16.4. The van der Waals surface area contributed by atoms with Gasteiger partial charge in [-0.25, -0.2) is 4.79 Å². The number of amides is 1. The minimum Gasteiger partial charge on any atom is -0.479 e. The second kappa shape index (κ2) is 20.1. The number of aliphatic carboxylic acids is 1. The first kappa shape index (κ1) is 30.5. The van der Waals surface area contributed by atoms with Crippen LogP contribution in [0.3, 0.4) is 0 Å². The van der Waals surface area contributed by atoms with E-state index in [9.17, 15) is 24.9 Å². The lowest BCUT2D eigenvalue weighted by atomic mass is 10.0. The van der Waals surface area contributed by atoms with Gasteiger partial charge in [-0.2, -0.15) is 0 Å². The monoisotopic (exact) mass is 459 g/mol. The molecular weight excluding hydrogens is 414 g/mol. The van der Waals surface area contributed by atoms with Gasteiger partial charge in [0.15, 0.2) is 12.2 Å². The van der Waals surface area contributed by atoms with Crippen LogP contribution in [0.5, 0.6) is 0 Å². The fraction of sp³-hybridized carbons (Fsp3) is 0.833. The van der Waals surface area contributed by atoms with Crippen molar-refractivity contribution in [3.05, 3.63) is 12.3 Å². The minimum absolute atomic E-state index is 0.761. The largest absolute Gasteiger partial charge is 0.479 e. The summed E-state index contributed by atoms with van der Waals surface area (Å²) in [7, 11) is 0. The van der Waals surface area contributed by atoms with Gasteiger partial charge in [0, 0.05) is 0 Å². The second-order valence-corrected chi connectivity index (χ2v) is 8.50. The maximum absolute atomic E-state index is 11.7. The summed E-state index contributed by atoms with van der Waals surface area (Å²) in [6, 6.07) is 0. The maximum Gasteiger partial charge on any atom is 0.335 e. The highest BCUT2D eigenvalue weighted by Gasteiger charge is 2.37. The lowest BCUT2D eigenvalue weighted by Gasteiger charge is -2.23. The van der Waals surface area contributed by atoms with Crippen LogP contribution in [-0.4, -0.2) is 61.8 Å². The van der Waals surface area contributed by atoms with E-state index < -0.39 is 36.3 Å². The van der Waals surface area contributed by atoms with Gasteiger partial charge in [0.2, 0.25) is 0 Å². The van der Waals surface area contributed by atoms with E-state index in [4.69, 9.17) is 10.2 Å². The third-order valence-electron chi connectivity index (χ3n) is 5.59. The third kappa shape index (κ3) is 15.3. The van der Waals surface area contributed by atoms with Crippen molar-refractivity contribution in [2.24, 2.45) is 0 Å². The summed E-state index contributed by atoms with van der Waals surface area (Å²) in [5, 5.41) is 48.7. The lowest BCUT2D eigenvalue weighted by Crippen LogP contribution is -2.52. The molecule has 0 aliphatic carbocycles. The van der Waals surface area contributed by atoms with Crippen molar-refractivity contribution in [3.8, 4) is 0 Å². The first-order valence-electron chi connectivity index (χ1n) is 12.2. The van der Waals surface area contributed by atoms with Crippen LogP contribution in [0.2, 0.25) is 0 Å². The van der Waals surface area contributed by atoms with Crippen molar-refractivity contribution in [3.63, 3.8) is 0 Å². The fourth-order valence-corrected chi connectivity index (χ4v) is 3.44. The zero-order chi connectivity index (χ0) is 24.2. The Morgan fingerprint density at radius 3 is 1.53 bits per heavy atom. The third-order valence-corrected chi connectivity index (χ3v) is 5.59. The topological polar surface area (TPSA) is 147 Å². The molecule has 8 nitrogen and oxygen atoms in total. The summed E-state index contributed by atoms with van der Waals surface area (Å²) < 4.78 is 0. The van der Waals surface area contributed by atoms with Gasteiger partial charge in [-0.1, -0.05) is 96.5 Å². The molecule has 0 aliphatic rings. The standard InChI is InChI=1S/C24H45NO7/c1-2-3-4-5-6-7-8-9-10-11-12-13-14-15-16-17-18-25-23(30)21(28)19(26)20(27)22(29)24(31)32/h17-22,26-29H,2-16H2,1H3,(H,25,30)(H,31,32)/t19-,20-,21+,22-/m1/s1. The van der Waals surface area contributed by atoms with E-state index in [0.717, 1.165) is 19.3 Å². The molecule has 188 valence electrons. The van der Waals surface area contributed by atoms with E-state index in [1.807, 2.05) is 0 Å². The Bertz CT molecular complexity index is 513. The number of unbranched alkanes of at least 4 members (excludes halogenated alkanes) is 14. The number of aliphatic hydroxyl groups excluding tert-OH is 4. The molecule has 32 heavy (non-hydrogen) atoms. The quantitative estimate of drug-likeness (QED) is 0.145. The summed E-state index contributed by atoms with van der Waals surface area (Å²) in [6.45, 7) is 2.24. The van der Waals surface area contributed by atoms with E-state index in [-0.39, 0.29) is 0 Å².